The van der Waals surface area contributed by atoms with Crippen LogP contribution in [0.25, 0.3) is 0 Å². The summed E-state index contributed by atoms with van der Waals surface area (Å²) in [4.78, 5) is 19.0. The molecule has 0 amide bonds. The number of ether oxygens (including phenoxy) is 1. The molecular formula is C26H30FN5O. The molecule has 6 nitrogen and oxygen atoms in total. The number of morpholine rings is 1. The van der Waals surface area contributed by atoms with Crippen LogP contribution < -0.4 is 4.90 Å². The molecule has 2 aliphatic heterocycles. The van der Waals surface area contributed by atoms with Crippen LogP contribution in [0.1, 0.15) is 41.4 Å². The molecule has 2 fully saturated rings. The number of benzene rings is 1. The van der Waals surface area contributed by atoms with E-state index in [0.717, 1.165) is 93.8 Å². The number of pyridine rings is 1. The maximum Gasteiger partial charge on any atom is 0.225 e. The second-order valence-electron chi connectivity index (χ2n) is 8.88. The summed E-state index contributed by atoms with van der Waals surface area (Å²) in [6.07, 6.45) is 4.88. The first kappa shape index (κ1) is 21.9. The number of likely N-dealkylation sites (tertiary alicyclic amines) is 1. The molecule has 7 heteroatoms. The van der Waals surface area contributed by atoms with Gasteiger partial charge in [-0.3, -0.25) is 9.88 Å². The molecule has 2 aromatic heterocycles. The highest BCUT2D eigenvalue weighted by atomic mass is 19.1. The molecular weight excluding hydrogens is 417 g/mol. The average molecular weight is 448 g/mol. The molecule has 0 spiro atoms. The fraction of sp³-hybridized carbons (Fsp3) is 0.423. The van der Waals surface area contributed by atoms with E-state index in [1.54, 1.807) is 0 Å². The highest BCUT2D eigenvalue weighted by Gasteiger charge is 2.23. The van der Waals surface area contributed by atoms with E-state index in [4.69, 9.17) is 14.7 Å². The Morgan fingerprint density at radius 2 is 1.79 bits per heavy atom. The number of halogens is 1. The lowest BCUT2D eigenvalue weighted by Crippen LogP contribution is -2.38. The Labute approximate surface area is 194 Å². The van der Waals surface area contributed by atoms with Gasteiger partial charge in [0.2, 0.25) is 5.95 Å². The first-order valence-corrected chi connectivity index (χ1v) is 11.8. The van der Waals surface area contributed by atoms with Gasteiger partial charge in [-0.25, -0.2) is 14.4 Å². The largest absolute Gasteiger partial charge is 0.378 e. The normalized spacial score (nSPS) is 19.5. The quantitative estimate of drug-likeness (QED) is 0.573. The van der Waals surface area contributed by atoms with Crippen molar-refractivity contribution in [2.24, 2.45) is 0 Å². The van der Waals surface area contributed by atoms with E-state index in [-0.39, 0.29) is 5.82 Å². The van der Waals surface area contributed by atoms with E-state index >= 15 is 0 Å². The Balaban J connectivity index is 1.23. The summed E-state index contributed by atoms with van der Waals surface area (Å²) in [5.41, 5.74) is 4.31. The van der Waals surface area contributed by atoms with Crippen LogP contribution in [-0.4, -0.2) is 59.2 Å². The third-order valence-corrected chi connectivity index (χ3v) is 6.43. The van der Waals surface area contributed by atoms with Crippen LogP contribution in [0.5, 0.6) is 0 Å². The first-order chi connectivity index (χ1) is 16.2. The maximum atomic E-state index is 13.2. The van der Waals surface area contributed by atoms with E-state index in [9.17, 15) is 4.39 Å². The van der Waals surface area contributed by atoms with Gasteiger partial charge in [0.15, 0.2) is 0 Å². The molecule has 0 bridgehead atoms. The fourth-order valence-electron chi connectivity index (χ4n) is 4.69. The Bertz CT molecular complexity index is 1050. The summed E-state index contributed by atoms with van der Waals surface area (Å²) >= 11 is 0. The van der Waals surface area contributed by atoms with Gasteiger partial charge in [-0.05, 0) is 55.3 Å². The van der Waals surface area contributed by atoms with Gasteiger partial charge >= 0.3 is 0 Å². The van der Waals surface area contributed by atoms with Gasteiger partial charge in [0.05, 0.1) is 18.9 Å². The minimum absolute atomic E-state index is 0.205. The van der Waals surface area contributed by atoms with E-state index in [0.29, 0.717) is 5.92 Å². The summed E-state index contributed by atoms with van der Waals surface area (Å²) in [5.74, 6) is 1.01. The first-order valence-electron chi connectivity index (χ1n) is 11.8. The molecule has 0 saturated carbocycles. The Morgan fingerprint density at radius 1 is 0.939 bits per heavy atom. The lowest BCUT2D eigenvalue weighted by Gasteiger charge is -2.32. The molecule has 1 atom stereocenters. The Kier molecular flexibility index (Phi) is 6.88. The smallest absolute Gasteiger partial charge is 0.225 e. The van der Waals surface area contributed by atoms with Crippen LogP contribution in [0.3, 0.4) is 0 Å². The van der Waals surface area contributed by atoms with Crippen molar-refractivity contribution in [3.05, 3.63) is 83.2 Å². The summed E-state index contributed by atoms with van der Waals surface area (Å²) in [5, 5.41) is 0. The van der Waals surface area contributed by atoms with Crippen LogP contribution in [0.15, 0.2) is 54.7 Å². The van der Waals surface area contributed by atoms with Crippen LogP contribution in [-0.2, 0) is 17.7 Å². The molecule has 172 valence electrons. The van der Waals surface area contributed by atoms with Crippen molar-refractivity contribution in [2.75, 3.05) is 44.3 Å². The molecule has 4 heterocycles. The zero-order chi connectivity index (χ0) is 22.5. The molecule has 33 heavy (non-hydrogen) atoms. The molecule has 0 N–H and O–H groups in total. The fourth-order valence-corrected chi connectivity index (χ4v) is 4.69. The molecule has 2 saturated heterocycles. The van der Waals surface area contributed by atoms with Crippen molar-refractivity contribution in [3.63, 3.8) is 0 Å². The molecule has 1 aromatic carbocycles. The van der Waals surface area contributed by atoms with Gasteiger partial charge < -0.3 is 9.64 Å². The monoisotopic (exact) mass is 447 g/mol. The predicted octanol–water partition coefficient (Wildman–Crippen LogP) is 3.82. The van der Waals surface area contributed by atoms with E-state index in [2.05, 4.69) is 33.0 Å². The van der Waals surface area contributed by atoms with E-state index < -0.39 is 0 Å². The minimum atomic E-state index is -0.205. The van der Waals surface area contributed by atoms with Crippen LogP contribution in [0.2, 0.25) is 0 Å². The predicted molar refractivity (Wildman–Crippen MR) is 126 cm³/mol. The van der Waals surface area contributed by atoms with Crippen molar-refractivity contribution >= 4 is 5.95 Å². The van der Waals surface area contributed by atoms with Gasteiger partial charge in [-0.2, -0.15) is 0 Å². The number of hydrogen-bond donors (Lipinski definition) is 0. The number of nitrogens with zero attached hydrogens (tertiary/aromatic N) is 5. The number of anilines is 1. The van der Waals surface area contributed by atoms with Gasteiger partial charge in [-0.1, -0.05) is 18.2 Å². The third-order valence-electron chi connectivity index (χ3n) is 6.43. The summed E-state index contributed by atoms with van der Waals surface area (Å²) in [6, 6.07) is 15.0. The minimum Gasteiger partial charge on any atom is -0.378 e. The van der Waals surface area contributed by atoms with Crippen LogP contribution in [0.4, 0.5) is 10.3 Å². The molecule has 0 aliphatic carbocycles. The zero-order valence-electron chi connectivity index (χ0n) is 18.9. The SMILES string of the molecule is Fc1ccc(Cc2cccc([C@H]3CCCN(Cc4ccnc(N5CCOCC5)n4)C3)n2)cc1. The number of piperidine rings is 1. The van der Waals surface area contributed by atoms with Crippen molar-refractivity contribution in [1.29, 1.82) is 0 Å². The highest BCUT2D eigenvalue weighted by Crippen LogP contribution is 2.27. The molecule has 3 aromatic rings. The van der Waals surface area contributed by atoms with Crippen molar-refractivity contribution in [3.8, 4) is 0 Å². The molecule has 0 radical (unpaired) electrons. The van der Waals surface area contributed by atoms with Crippen molar-refractivity contribution in [1.82, 2.24) is 19.9 Å². The number of hydrogen-bond acceptors (Lipinski definition) is 6. The van der Waals surface area contributed by atoms with Gasteiger partial charge in [0.1, 0.15) is 5.82 Å². The lowest BCUT2D eigenvalue weighted by molar-refractivity contribution is 0.122. The van der Waals surface area contributed by atoms with Crippen molar-refractivity contribution < 1.29 is 9.13 Å². The number of rotatable bonds is 6. The van der Waals surface area contributed by atoms with E-state index in [1.165, 1.54) is 12.1 Å². The molecule has 2 aliphatic rings. The average Bonchev–Trinajstić information content (AvgIpc) is 2.87. The van der Waals surface area contributed by atoms with Crippen molar-refractivity contribution in [2.45, 2.75) is 31.7 Å². The molecule has 5 rings (SSSR count). The summed E-state index contributed by atoms with van der Waals surface area (Å²) in [6.45, 7) is 6.02. The second-order valence-corrected chi connectivity index (χ2v) is 8.88. The van der Waals surface area contributed by atoms with Gasteiger partial charge in [-0.15, -0.1) is 0 Å². The Hall–Kier alpha value is -2.90. The number of aromatic nitrogens is 3. The van der Waals surface area contributed by atoms with Gasteiger partial charge in [0, 0.05) is 56.1 Å². The van der Waals surface area contributed by atoms with E-state index in [1.807, 2.05) is 24.4 Å². The van der Waals surface area contributed by atoms with Crippen LogP contribution >= 0.6 is 0 Å². The summed E-state index contributed by atoms with van der Waals surface area (Å²) < 4.78 is 18.7. The lowest BCUT2D eigenvalue weighted by atomic mass is 9.93. The topological polar surface area (TPSA) is 54.4 Å². The van der Waals surface area contributed by atoms with Gasteiger partial charge in [0.25, 0.3) is 0 Å². The maximum absolute atomic E-state index is 13.2. The molecule has 0 unspecified atom stereocenters. The van der Waals surface area contributed by atoms with Crippen LogP contribution in [0, 0.1) is 5.82 Å². The zero-order valence-corrected chi connectivity index (χ0v) is 18.9. The second kappa shape index (κ2) is 10.4. The Morgan fingerprint density at radius 3 is 2.64 bits per heavy atom. The summed E-state index contributed by atoms with van der Waals surface area (Å²) in [7, 11) is 0. The third kappa shape index (κ3) is 5.72. The standard InChI is InChI=1S/C26H30FN5O/c27-22-8-6-20(7-9-22)17-23-4-1-5-25(29-23)21-3-2-12-31(18-21)19-24-10-11-28-26(30-24)32-13-15-33-16-14-32/h1,4-11,21H,2-3,12-19H2/t21-/m0/s1. The highest BCUT2D eigenvalue weighted by molar-refractivity contribution is 5.31.